The van der Waals surface area contributed by atoms with E-state index in [9.17, 15) is 14.0 Å². The minimum absolute atomic E-state index is 0.0949. The fraction of sp³-hybridized carbons (Fsp3) is 0.364. The van der Waals surface area contributed by atoms with Gasteiger partial charge in [0.15, 0.2) is 11.6 Å². The van der Waals surface area contributed by atoms with E-state index in [0.717, 1.165) is 12.1 Å². The van der Waals surface area contributed by atoms with Gasteiger partial charge in [-0.15, -0.1) is 0 Å². The first kappa shape index (κ1) is 20.8. The lowest BCUT2D eigenvalue weighted by Crippen LogP contribution is -2.28. The second kappa shape index (κ2) is 9.52. The quantitative estimate of drug-likeness (QED) is 0.690. The van der Waals surface area contributed by atoms with Crippen LogP contribution in [0.5, 0.6) is 5.75 Å². The van der Waals surface area contributed by atoms with Crippen LogP contribution in [0, 0.1) is 11.7 Å². The van der Waals surface area contributed by atoms with Crippen molar-refractivity contribution in [3.8, 4) is 5.75 Å². The number of ether oxygens (including phenoxy) is 2. The number of amides is 2. The Morgan fingerprint density at radius 2 is 1.97 bits per heavy atom. The molecule has 0 bridgehead atoms. The van der Waals surface area contributed by atoms with Gasteiger partial charge in [0.25, 0.3) is 0 Å². The number of hydrogen-bond acceptors (Lipinski definition) is 4. The largest absolute Gasteiger partial charge is 0.488 e. The Morgan fingerprint density at radius 3 is 2.62 bits per heavy atom. The predicted octanol–water partition coefficient (Wildman–Crippen LogP) is 3.40. The van der Waals surface area contributed by atoms with Crippen molar-refractivity contribution >= 4 is 23.2 Å². The lowest BCUT2D eigenvalue weighted by molar-refractivity contribution is -0.122. The summed E-state index contributed by atoms with van der Waals surface area (Å²) in [5.74, 6) is -1.37. The molecule has 3 rings (SSSR count). The zero-order valence-electron chi connectivity index (χ0n) is 16.6. The van der Waals surface area contributed by atoms with E-state index < -0.39 is 11.7 Å². The minimum atomic E-state index is -0.570. The van der Waals surface area contributed by atoms with Crippen LogP contribution in [0.4, 0.5) is 15.8 Å². The van der Waals surface area contributed by atoms with E-state index in [2.05, 4.69) is 12.2 Å². The Morgan fingerprint density at radius 1 is 1.21 bits per heavy atom. The zero-order chi connectivity index (χ0) is 20.8. The highest BCUT2D eigenvalue weighted by molar-refractivity contribution is 6.03. The number of nitrogens with zero attached hydrogens (tertiary/aromatic N) is 1. The molecule has 6 nitrogen and oxygen atoms in total. The second-order valence-electron chi connectivity index (χ2n) is 6.90. The minimum Gasteiger partial charge on any atom is -0.488 e. The lowest BCUT2D eigenvalue weighted by Gasteiger charge is -2.17. The summed E-state index contributed by atoms with van der Waals surface area (Å²) >= 11 is 0. The van der Waals surface area contributed by atoms with Gasteiger partial charge >= 0.3 is 0 Å². The molecule has 2 aromatic carbocycles. The van der Waals surface area contributed by atoms with Crippen molar-refractivity contribution in [1.82, 2.24) is 0 Å². The van der Waals surface area contributed by atoms with E-state index in [1.807, 2.05) is 24.3 Å². The number of rotatable bonds is 8. The molecule has 1 aliphatic heterocycles. The van der Waals surface area contributed by atoms with Crippen LogP contribution in [0.1, 0.15) is 18.9 Å². The molecule has 1 fully saturated rings. The fourth-order valence-corrected chi connectivity index (χ4v) is 3.22. The van der Waals surface area contributed by atoms with Crippen LogP contribution in [0.2, 0.25) is 0 Å². The van der Waals surface area contributed by atoms with Crippen LogP contribution in [0.3, 0.4) is 0 Å². The number of aryl methyl sites for hydroxylation is 1. The Hall–Kier alpha value is -2.93. The summed E-state index contributed by atoms with van der Waals surface area (Å²) in [6.07, 6.45) is 1.05. The Labute approximate surface area is 169 Å². The topological polar surface area (TPSA) is 67.9 Å². The van der Waals surface area contributed by atoms with Crippen LogP contribution < -0.4 is 15.0 Å². The molecular weight excluding hydrogens is 375 g/mol. The molecule has 7 heteroatoms. The SMILES string of the molecule is CCc1ccc(N2CC(C(=O)Nc3ccc(OCCOC)c(F)c3)CC2=O)cc1. The van der Waals surface area contributed by atoms with Crippen molar-refractivity contribution in [3.63, 3.8) is 0 Å². The summed E-state index contributed by atoms with van der Waals surface area (Å²) in [7, 11) is 1.54. The van der Waals surface area contributed by atoms with E-state index in [4.69, 9.17) is 9.47 Å². The van der Waals surface area contributed by atoms with Crippen LogP contribution in [0.15, 0.2) is 42.5 Å². The number of halogens is 1. The molecule has 2 amide bonds. The molecule has 1 saturated heterocycles. The number of anilines is 2. The molecule has 0 saturated carbocycles. The summed E-state index contributed by atoms with van der Waals surface area (Å²) in [6.45, 7) is 2.96. The highest BCUT2D eigenvalue weighted by Crippen LogP contribution is 2.27. The van der Waals surface area contributed by atoms with Gasteiger partial charge in [-0.25, -0.2) is 4.39 Å². The molecule has 2 aromatic rings. The van der Waals surface area contributed by atoms with Gasteiger partial charge in [-0.3, -0.25) is 9.59 Å². The predicted molar refractivity (Wildman–Crippen MR) is 109 cm³/mol. The molecule has 154 valence electrons. The van der Waals surface area contributed by atoms with Gasteiger partial charge in [-0.05, 0) is 36.2 Å². The molecule has 0 aliphatic carbocycles. The van der Waals surface area contributed by atoms with Crippen molar-refractivity contribution in [1.29, 1.82) is 0 Å². The van der Waals surface area contributed by atoms with Crippen molar-refractivity contribution in [2.24, 2.45) is 5.92 Å². The van der Waals surface area contributed by atoms with Crippen molar-refractivity contribution in [2.45, 2.75) is 19.8 Å². The van der Waals surface area contributed by atoms with E-state index in [1.165, 1.54) is 24.8 Å². The first-order chi connectivity index (χ1) is 14.0. The summed E-state index contributed by atoms with van der Waals surface area (Å²) in [6, 6.07) is 12.0. The van der Waals surface area contributed by atoms with Gasteiger partial charge in [0.1, 0.15) is 6.61 Å². The first-order valence-electron chi connectivity index (χ1n) is 9.63. The Bertz CT molecular complexity index is 870. The average molecular weight is 400 g/mol. The number of carbonyl (C=O) groups excluding carboxylic acids is 2. The summed E-state index contributed by atoms with van der Waals surface area (Å²) in [5.41, 5.74) is 2.29. The van der Waals surface area contributed by atoms with Crippen molar-refractivity contribution in [3.05, 3.63) is 53.8 Å². The standard InChI is InChI=1S/C22H25FN2O4/c1-3-15-4-7-18(8-5-15)25-14-16(12-21(25)26)22(27)24-17-6-9-20(19(23)13-17)29-11-10-28-2/h4-9,13,16H,3,10-12,14H2,1-2H3,(H,24,27). The third-order valence-electron chi connectivity index (χ3n) is 4.90. The maximum atomic E-state index is 14.1. The first-order valence-corrected chi connectivity index (χ1v) is 9.63. The molecule has 0 spiro atoms. The number of benzene rings is 2. The summed E-state index contributed by atoms with van der Waals surface area (Å²) < 4.78 is 24.3. The van der Waals surface area contributed by atoms with Gasteiger partial charge in [0, 0.05) is 37.5 Å². The van der Waals surface area contributed by atoms with Crippen LogP contribution in [0.25, 0.3) is 0 Å². The van der Waals surface area contributed by atoms with Gasteiger partial charge in [-0.1, -0.05) is 19.1 Å². The lowest BCUT2D eigenvalue weighted by atomic mass is 10.1. The zero-order valence-corrected chi connectivity index (χ0v) is 16.6. The van der Waals surface area contributed by atoms with E-state index >= 15 is 0 Å². The van der Waals surface area contributed by atoms with Gasteiger partial charge in [-0.2, -0.15) is 0 Å². The smallest absolute Gasteiger partial charge is 0.229 e. The molecule has 29 heavy (non-hydrogen) atoms. The maximum Gasteiger partial charge on any atom is 0.229 e. The summed E-state index contributed by atoms with van der Waals surface area (Å²) in [5, 5.41) is 2.69. The van der Waals surface area contributed by atoms with Crippen molar-refractivity contribution < 1.29 is 23.5 Å². The van der Waals surface area contributed by atoms with Crippen LogP contribution in [-0.2, 0) is 20.7 Å². The number of hydrogen-bond donors (Lipinski definition) is 1. The molecule has 1 N–H and O–H groups in total. The Balaban J connectivity index is 1.61. The number of methoxy groups -OCH3 is 1. The third kappa shape index (κ3) is 5.12. The summed E-state index contributed by atoms with van der Waals surface area (Å²) in [4.78, 5) is 26.6. The molecule has 1 heterocycles. The monoisotopic (exact) mass is 400 g/mol. The highest BCUT2D eigenvalue weighted by Gasteiger charge is 2.35. The van der Waals surface area contributed by atoms with Crippen LogP contribution in [-0.4, -0.2) is 38.7 Å². The third-order valence-corrected chi connectivity index (χ3v) is 4.90. The van der Waals surface area contributed by atoms with E-state index in [0.29, 0.717) is 18.8 Å². The van der Waals surface area contributed by atoms with E-state index in [-0.39, 0.29) is 30.6 Å². The molecule has 0 radical (unpaired) electrons. The number of carbonyl (C=O) groups is 2. The van der Waals surface area contributed by atoms with Gasteiger partial charge in [0.05, 0.1) is 12.5 Å². The molecule has 0 aromatic heterocycles. The molecular formula is C22H25FN2O4. The Kier molecular flexibility index (Phi) is 6.82. The number of nitrogens with one attached hydrogen (secondary N) is 1. The normalized spacial score (nSPS) is 16.2. The molecule has 1 atom stereocenters. The van der Waals surface area contributed by atoms with E-state index in [1.54, 1.807) is 11.0 Å². The van der Waals surface area contributed by atoms with Gasteiger partial charge in [0.2, 0.25) is 11.8 Å². The maximum absolute atomic E-state index is 14.1. The van der Waals surface area contributed by atoms with Crippen molar-refractivity contribution in [2.75, 3.05) is 37.1 Å². The molecule has 1 aliphatic rings. The fourth-order valence-electron chi connectivity index (χ4n) is 3.22. The molecule has 1 unspecified atom stereocenters. The highest BCUT2D eigenvalue weighted by atomic mass is 19.1. The second-order valence-corrected chi connectivity index (χ2v) is 6.90. The average Bonchev–Trinajstić information content (AvgIpc) is 3.11. The van der Waals surface area contributed by atoms with Crippen LogP contribution >= 0.6 is 0 Å². The van der Waals surface area contributed by atoms with Gasteiger partial charge < -0.3 is 19.7 Å².